The molecule has 3 aliphatic carbocycles. The highest BCUT2D eigenvalue weighted by atomic mass is 32.2. The van der Waals surface area contributed by atoms with Crippen molar-refractivity contribution in [2.24, 2.45) is 16.7 Å². The van der Waals surface area contributed by atoms with E-state index in [1.165, 1.54) is 32.1 Å². The van der Waals surface area contributed by atoms with Gasteiger partial charge in [0.2, 0.25) is 0 Å². The molecule has 3 fully saturated rings. The monoisotopic (exact) mass is 292 g/mol. The molecule has 0 unspecified atom stereocenters. The minimum Gasteiger partial charge on any atom is -0.266 e. The second-order valence-corrected chi connectivity index (χ2v) is 8.68. The van der Waals surface area contributed by atoms with E-state index in [9.17, 15) is 8.42 Å². The van der Waals surface area contributed by atoms with Gasteiger partial charge in [-0.3, -0.25) is 4.18 Å². The molecular weight excluding hydrogens is 272 g/mol. The first-order valence-corrected chi connectivity index (χ1v) is 8.82. The van der Waals surface area contributed by atoms with E-state index in [2.05, 4.69) is 0 Å². The minimum atomic E-state index is -3.58. The second-order valence-electron chi connectivity index (χ2n) is 7.06. The summed E-state index contributed by atoms with van der Waals surface area (Å²) in [5.74, 6) is 0.440. The first-order chi connectivity index (χ1) is 9.45. The lowest BCUT2D eigenvalue weighted by Crippen LogP contribution is -2.31. The van der Waals surface area contributed by atoms with E-state index in [4.69, 9.17) is 4.18 Å². The van der Waals surface area contributed by atoms with Crippen LogP contribution in [0.1, 0.15) is 37.7 Å². The molecular formula is C16H20O3S. The summed E-state index contributed by atoms with van der Waals surface area (Å²) in [5.41, 5.74) is 2.36. The van der Waals surface area contributed by atoms with Gasteiger partial charge in [0.15, 0.2) is 0 Å². The fourth-order valence-electron chi connectivity index (χ4n) is 4.16. The molecule has 3 aliphatic rings. The van der Waals surface area contributed by atoms with Crippen LogP contribution in [0.2, 0.25) is 0 Å². The molecule has 4 rings (SSSR count). The van der Waals surface area contributed by atoms with Crippen LogP contribution < -0.4 is 0 Å². The molecule has 0 heterocycles. The molecule has 3 saturated carbocycles. The number of rotatable bonds is 4. The smallest absolute Gasteiger partial charge is 0.266 e. The van der Waals surface area contributed by atoms with Crippen LogP contribution in [0, 0.1) is 23.7 Å². The third-order valence-electron chi connectivity index (χ3n) is 5.66. The summed E-state index contributed by atoms with van der Waals surface area (Å²) in [6.45, 7) is 2.29. The fraction of sp³-hybridized carbons (Fsp3) is 0.625. The first kappa shape index (κ1) is 12.8. The zero-order valence-electron chi connectivity index (χ0n) is 11.8. The van der Waals surface area contributed by atoms with Crippen molar-refractivity contribution in [3.63, 3.8) is 0 Å². The van der Waals surface area contributed by atoms with Crippen molar-refractivity contribution in [2.45, 2.75) is 43.9 Å². The fourth-order valence-corrected chi connectivity index (χ4v) is 5.14. The summed E-state index contributed by atoms with van der Waals surface area (Å²) in [7, 11) is -3.58. The number of aryl methyl sites for hydroxylation is 1. The average Bonchev–Trinajstić information content (AvgIpc) is 3.25. The Morgan fingerprint density at radius 3 is 2.35 bits per heavy atom. The third-order valence-corrected chi connectivity index (χ3v) is 6.95. The SMILES string of the molecule is Cc1ccc(S(=O)(=O)OCC2CC3(C2)CC32CC2)cc1. The molecule has 0 aliphatic heterocycles. The van der Waals surface area contributed by atoms with E-state index in [-0.39, 0.29) is 4.90 Å². The highest BCUT2D eigenvalue weighted by Crippen LogP contribution is 2.86. The lowest BCUT2D eigenvalue weighted by Gasteiger charge is -2.36. The van der Waals surface area contributed by atoms with Crippen LogP contribution in [0.25, 0.3) is 0 Å². The molecule has 20 heavy (non-hydrogen) atoms. The Bertz CT molecular complexity index is 635. The summed E-state index contributed by atoms with van der Waals surface area (Å²) >= 11 is 0. The topological polar surface area (TPSA) is 43.4 Å². The molecule has 108 valence electrons. The van der Waals surface area contributed by atoms with Gasteiger partial charge in [0.05, 0.1) is 11.5 Å². The van der Waals surface area contributed by atoms with Crippen LogP contribution in [-0.4, -0.2) is 15.0 Å². The number of hydrogen-bond donors (Lipinski definition) is 0. The average molecular weight is 292 g/mol. The lowest BCUT2D eigenvalue weighted by molar-refractivity contribution is 0.0910. The van der Waals surface area contributed by atoms with Crippen molar-refractivity contribution in [3.05, 3.63) is 29.8 Å². The molecule has 1 aromatic rings. The third kappa shape index (κ3) is 1.85. The van der Waals surface area contributed by atoms with Gasteiger partial charge in [0.25, 0.3) is 10.1 Å². The summed E-state index contributed by atoms with van der Waals surface area (Å²) in [5, 5.41) is 0. The molecule has 0 N–H and O–H groups in total. The van der Waals surface area contributed by atoms with Crippen molar-refractivity contribution < 1.29 is 12.6 Å². The maximum absolute atomic E-state index is 12.1. The Balaban J connectivity index is 1.34. The number of fused-ring (bicyclic) bond motifs is 1. The highest BCUT2D eigenvalue weighted by Gasteiger charge is 2.76. The number of hydrogen-bond acceptors (Lipinski definition) is 3. The van der Waals surface area contributed by atoms with Crippen LogP contribution >= 0.6 is 0 Å². The highest BCUT2D eigenvalue weighted by molar-refractivity contribution is 7.86. The normalized spacial score (nSPS) is 33.1. The minimum absolute atomic E-state index is 0.266. The van der Waals surface area contributed by atoms with Gasteiger partial charge in [-0.05, 0) is 67.9 Å². The molecule has 0 amide bonds. The van der Waals surface area contributed by atoms with Crippen molar-refractivity contribution in [2.75, 3.05) is 6.61 Å². The summed E-state index contributed by atoms with van der Waals surface area (Å²) in [4.78, 5) is 0.266. The molecule has 4 heteroatoms. The van der Waals surface area contributed by atoms with Crippen molar-refractivity contribution in [1.82, 2.24) is 0 Å². The van der Waals surface area contributed by atoms with Crippen LogP contribution in [-0.2, 0) is 14.3 Å². The largest absolute Gasteiger partial charge is 0.296 e. The molecule has 0 aromatic heterocycles. The van der Waals surface area contributed by atoms with E-state index in [0.29, 0.717) is 23.4 Å². The first-order valence-electron chi connectivity index (χ1n) is 7.41. The number of benzene rings is 1. The lowest BCUT2D eigenvalue weighted by atomic mass is 9.70. The zero-order chi connectivity index (χ0) is 14.0. The van der Waals surface area contributed by atoms with Crippen molar-refractivity contribution >= 4 is 10.1 Å². The van der Waals surface area contributed by atoms with Crippen molar-refractivity contribution in [1.29, 1.82) is 0 Å². The molecule has 0 saturated heterocycles. The van der Waals surface area contributed by atoms with Crippen molar-refractivity contribution in [3.8, 4) is 0 Å². The van der Waals surface area contributed by atoms with Gasteiger partial charge < -0.3 is 0 Å². The van der Waals surface area contributed by atoms with Crippen LogP contribution in [0.15, 0.2) is 29.2 Å². The Kier molecular flexibility index (Phi) is 2.48. The van der Waals surface area contributed by atoms with Gasteiger partial charge in [-0.2, -0.15) is 8.42 Å². The van der Waals surface area contributed by atoms with Gasteiger partial charge in [-0.15, -0.1) is 0 Å². The maximum atomic E-state index is 12.1. The van der Waals surface area contributed by atoms with E-state index in [0.717, 1.165) is 5.56 Å². The van der Waals surface area contributed by atoms with Crippen LogP contribution in [0.4, 0.5) is 0 Å². The zero-order valence-corrected chi connectivity index (χ0v) is 12.6. The summed E-state index contributed by atoms with van der Waals surface area (Å²) in [6.07, 6.45) is 6.55. The Morgan fingerprint density at radius 1 is 1.15 bits per heavy atom. The molecule has 0 bridgehead atoms. The summed E-state index contributed by atoms with van der Waals surface area (Å²) in [6, 6.07) is 6.84. The van der Waals surface area contributed by atoms with E-state index < -0.39 is 10.1 Å². The van der Waals surface area contributed by atoms with Gasteiger partial charge in [-0.25, -0.2) is 0 Å². The van der Waals surface area contributed by atoms with Crippen LogP contribution in [0.5, 0.6) is 0 Å². The Morgan fingerprint density at radius 2 is 1.80 bits per heavy atom. The van der Waals surface area contributed by atoms with E-state index in [1.54, 1.807) is 24.3 Å². The molecule has 3 nitrogen and oxygen atoms in total. The summed E-state index contributed by atoms with van der Waals surface area (Å²) < 4.78 is 29.4. The Labute approximate surface area is 120 Å². The van der Waals surface area contributed by atoms with Gasteiger partial charge in [0, 0.05) is 0 Å². The molecule has 0 atom stereocenters. The predicted molar refractivity (Wildman–Crippen MR) is 75.8 cm³/mol. The van der Waals surface area contributed by atoms with Crippen LogP contribution in [0.3, 0.4) is 0 Å². The van der Waals surface area contributed by atoms with Gasteiger partial charge in [0.1, 0.15) is 0 Å². The predicted octanol–water partition coefficient (Wildman–Crippen LogP) is 3.28. The Hall–Kier alpha value is -0.870. The quantitative estimate of drug-likeness (QED) is 0.800. The van der Waals surface area contributed by atoms with Gasteiger partial charge >= 0.3 is 0 Å². The van der Waals surface area contributed by atoms with E-state index >= 15 is 0 Å². The maximum Gasteiger partial charge on any atom is 0.296 e. The second kappa shape index (κ2) is 3.86. The van der Waals surface area contributed by atoms with E-state index in [1.807, 2.05) is 6.92 Å². The van der Waals surface area contributed by atoms with Gasteiger partial charge in [-0.1, -0.05) is 17.7 Å². The molecule has 0 radical (unpaired) electrons. The molecule has 2 spiro atoms. The molecule has 1 aromatic carbocycles. The standard InChI is InChI=1S/C16H20O3S/c1-12-2-4-14(5-3-12)20(17,18)19-10-13-8-16(9-13)11-15(16)6-7-15/h2-5,13H,6-11H2,1H3.